The van der Waals surface area contributed by atoms with Crippen LogP contribution in [0.5, 0.6) is 0 Å². The number of rotatable bonds is 6. The molecule has 3 rings (SSSR count). The molecular weight excluding hydrogens is 374 g/mol. The van der Waals surface area contributed by atoms with Crippen LogP contribution in [-0.4, -0.2) is 23.0 Å². The van der Waals surface area contributed by atoms with Crippen molar-refractivity contribution in [3.8, 4) is 0 Å². The number of carboxylic acids is 1. The van der Waals surface area contributed by atoms with E-state index in [0.29, 0.717) is 12.3 Å². The highest BCUT2D eigenvalue weighted by Crippen LogP contribution is 2.63. The maximum atomic E-state index is 13.5. The second kappa shape index (κ2) is 8.16. The summed E-state index contributed by atoms with van der Waals surface area (Å²) in [5.74, 6) is 0.0840. The molecule has 0 radical (unpaired) electrons. The van der Waals surface area contributed by atoms with E-state index in [1.165, 1.54) is 0 Å². The summed E-state index contributed by atoms with van der Waals surface area (Å²) in [7, 11) is 0. The minimum atomic E-state index is -0.929. The van der Waals surface area contributed by atoms with Crippen LogP contribution in [0.25, 0.3) is 0 Å². The summed E-state index contributed by atoms with van der Waals surface area (Å²) in [6.45, 7) is 14.8. The second-order valence-corrected chi connectivity index (χ2v) is 11.4. The van der Waals surface area contributed by atoms with E-state index in [1.807, 2.05) is 13.8 Å². The first-order valence-electron chi connectivity index (χ1n) is 11.8. The van der Waals surface area contributed by atoms with Gasteiger partial charge >= 0.3 is 5.97 Å². The zero-order valence-corrected chi connectivity index (χ0v) is 19.6. The van der Waals surface area contributed by atoms with Crippen LogP contribution in [0.15, 0.2) is 24.3 Å². The van der Waals surface area contributed by atoms with Gasteiger partial charge in [-0.25, -0.2) is 4.79 Å². The van der Waals surface area contributed by atoms with Crippen molar-refractivity contribution in [2.75, 3.05) is 0 Å². The van der Waals surface area contributed by atoms with Gasteiger partial charge in [0.05, 0.1) is 5.41 Å². The van der Waals surface area contributed by atoms with E-state index >= 15 is 0 Å². The molecule has 3 aliphatic rings. The monoisotopic (exact) mass is 415 g/mol. The Morgan fingerprint density at radius 2 is 1.97 bits per heavy atom. The Morgan fingerprint density at radius 3 is 2.57 bits per heavy atom. The van der Waals surface area contributed by atoms with Crippen LogP contribution >= 0.6 is 0 Å². The number of fused-ring (bicyclic) bond motifs is 3. The molecule has 1 amide bonds. The molecule has 0 saturated heterocycles. The van der Waals surface area contributed by atoms with Gasteiger partial charge in [0, 0.05) is 0 Å². The largest absolute Gasteiger partial charge is 0.480 e. The number of aliphatic carboxylic acids is 1. The van der Waals surface area contributed by atoms with E-state index in [4.69, 9.17) is 0 Å². The predicted molar refractivity (Wildman–Crippen MR) is 121 cm³/mol. The lowest BCUT2D eigenvalue weighted by molar-refractivity contribution is -0.149. The van der Waals surface area contributed by atoms with Gasteiger partial charge in [-0.05, 0) is 73.5 Å². The van der Waals surface area contributed by atoms with E-state index in [0.717, 1.165) is 44.9 Å². The van der Waals surface area contributed by atoms with Crippen molar-refractivity contribution in [2.45, 2.75) is 92.0 Å². The lowest BCUT2D eigenvalue weighted by atomic mass is 9.46. The molecule has 30 heavy (non-hydrogen) atoms. The van der Waals surface area contributed by atoms with Gasteiger partial charge in [0.2, 0.25) is 5.91 Å². The molecule has 0 aliphatic heterocycles. The summed E-state index contributed by atoms with van der Waals surface area (Å²) < 4.78 is 0. The van der Waals surface area contributed by atoms with Crippen LogP contribution in [0.4, 0.5) is 0 Å². The van der Waals surface area contributed by atoms with Gasteiger partial charge in [-0.1, -0.05) is 58.8 Å². The highest BCUT2D eigenvalue weighted by atomic mass is 16.4. The van der Waals surface area contributed by atoms with Gasteiger partial charge in [0.15, 0.2) is 0 Å². The minimum Gasteiger partial charge on any atom is -0.480 e. The summed E-state index contributed by atoms with van der Waals surface area (Å²) >= 11 is 0. The molecule has 0 heterocycles. The molecule has 0 aromatic heterocycles. The van der Waals surface area contributed by atoms with Crippen molar-refractivity contribution in [1.82, 2.24) is 5.32 Å². The SMILES string of the molecule is C=CC1(C)CC=C2C(CCC3C(C)(C(=O)NC(CC(C)C)C(=O)O)CCCC23C)C1. The van der Waals surface area contributed by atoms with Crippen LogP contribution in [-0.2, 0) is 9.59 Å². The van der Waals surface area contributed by atoms with Crippen molar-refractivity contribution in [2.24, 2.45) is 34.0 Å². The quantitative estimate of drug-likeness (QED) is 0.544. The van der Waals surface area contributed by atoms with E-state index in [-0.39, 0.29) is 28.6 Å². The molecule has 4 heteroatoms. The number of nitrogens with one attached hydrogen (secondary N) is 1. The van der Waals surface area contributed by atoms with E-state index < -0.39 is 17.4 Å². The van der Waals surface area contributed by atoms with Gasteiger partial charge in [-0.2, -0.15) is 0 Å². The Morgan fingerprint density at radius 1 is 1.27 bits per heavy atom. The van der Waals surface area contributed by atoms with Crippen LogP contribution in [0.3, 0.4) is 0 Å². The molecule has 6 unspecified atom stereocenters. The topological polar surface area (TPSA) is 66.4 Å². The van der Waals surface area contributed by atoms with E-state index in [2.05, 4.69) is 44.8 Å². The van der Waals surface area contributed by atoms with Crippen LogP contribution in [0.2, 0.25) is 0 Å². The lowest BCUT2D eigenvalue weighted by Gasteiger charge is -2.58. The standard InChI is InChI=1S/C26H41NO3/c1-7-24(4)14-11-19-18(16-24)9-10-21-25(19,5)12-8-13-26(21,6)23(30)27-20(22(28)29)15-17(2)3/h7,11,17-18,20-21H,1,8-10,12-16H2,2-6H3,(H,27,30)(H,28,29). The van der Waals surface area contributed by atoms with Gasteiger partial charge in [-0.15, -0.1) is 6.58 Å². The van der Waals surface area contributed by atoms with E-state index in [1.54, 1.807) is 5.57 Å². The van der Waals surface area contributed by atoms with Crippen molar-refractivity contribution in [1.29, 1.82) is 0 Å². The fraction of sp³-hybridized carbons (Fsp3) is 0.769. The van der Waals surface area contributed by atoms with Crippen molar-refractivity contribution >= 4 is 11.9 Å². The molecule has 0 aromatic carbocycles. The molecule has 2 saturated carbocycles. The molecule has 3 aliphatic carbocycles. The number of carbonyl (C=O) groups is 2. The smallest absolute Gasteiger partial charge is 0.326 e. The highest BCUT2D eigenvalue weighted by molar-refractivity contribution is 5.87. The Balaban J connectivity index is 1.87. The zero-order valence-electron chi connectivity index (χ0n) is 19.6. The summed E-state index contributed by atoms with van der Waals surface area (Å²) in [6.07, 6.45) is 12.4. The number of carbonyl (C=O) groups excluding carboxylic acids is 1. The van der Waals surface area contributed by atoms with Crippen molar-refractivity contribution in [3.05, 3.63) is 24.3 Å². The molecule has 0 bridgehead atoms. The third kappa shape index (κ3) is 3.99. The van der Waals surface area contributed by atoms with Crippen LogP contribution < -0.4 is 5.32 Å². The number of allylic oxidation sites excluding steroid dienone is 3. The summed E-state index contributed by atoms with van der Waals surface area (Å²) in [5, 5.41) is 12.6. The molecule has 168 valence electrons. The minimum absolute atomic E-state index is 0.0343. The highest BCUT2D eigenvalue weighted by Gasteiger charge is 2.57. The number of carboxylic acid groups (broad SMARTS) is 1. The van der Waals surface area contributed by atoms with Gasteiger partial charge in [0.25, 0.3) is 0 Å². The zero-order chi connectivity index (χ0) is 22.3. The van der Waals surface area contributed by atoms with Gasteiger partial charge < -0.3 is 10.4 Å². The molecule has 2 fully saturated rings. The Hall–Kier alpha value is -1.58. The molecule has 2 N–H and O–H groups in total. The lowest BCUT2D eigenvalue weighted by Crippen LogP contribution is -2.57. The van der Waals surface area contributed by atoms with Crippen LogP contribution in [0.1, 0.15) is 86.0 Å². The number of amides is 1. The first-order chi connectivity index (χ1) is 13.9. The second-order valence-electron chi connectivity index (χ2n) is 11.4. The number of hydrogen-bond donors (Lipinski definition) is 2. The molecular formula is C26H41NO3. The third-order valence-electron chi connectivity index (χ3n) is 8.66. The normalized spacial score (nSPS) is 39.3. The Bertz CT molecular complexity index is 741. The fourth-order valence-corrected chi connectivity index (χ4v) is 6.90. The maximum Gasteiger partial charge on any atom is 0.326 e. The molecule has 4 nitrogen and oxygen atoms in total. The Labute approximate surface area is 182 Å². The number of hydrogen-bond acceptors (Lipinski definition) is 2. The van der Waals surface area contributed by atoms with Crippen molar-refractivity contribution < 1.29 is 14.7 Å². The van der Waals surface area contributed by atoms with Crippen molar-refractivity contribution in [3.63, 3.8) is 0 Å². The maximum absolute atomic E-state index is 13.5. The third-order valence-corrected chi connectivity index (χ3v) is 8.66. The first-order valence-corrected chi connectivity index (χ1v) is 11.8. The fourth-order valence-electron chi connectivity index (χ4n) is 6.90. The van der Waals surface area contributed by atoms with Crippen LogP contribution in [0, 0.1) is 34.0 Å². The first kappa shape index (κ1) is 23.1. The van der Waals surface area contributed by atoms with E-state index in [9.17, 15) is 14.7 Å². The molecule has 6 atom stereocenters. The molecule has 0 aromatic rings. The summed E-state index contributed by atoms with van der Waals surface area (Å²) in [6, 6.07) is -0.805. The average Bonchev–Trinajstić information content (AvgIpc) is 2.66. The Kier molecular flexibility index (Phi) is 6.28. The predicted octanol–water partition coefficient (Wildman–Crippen LogP) is 5.74. The average molecular weight is 416 g/mol. The van der Waals surface area contributed by atoms with Gasteiger partial charge in [0.1, 0.15) is 6.04 Å². The van der Waals surface area contributed by atoms with Gasteiger partial charge in [-0.3, -0.25) is 4.79 Å². The summed E-state index contributed by atoms with van der Waals surface area (Å²) in [5.41, 5.74) is 1.27. The molecule has 0 spiro atoms. The summed E-state index contributed by atoms with van der Waals surface area (Å²) in [4.78, 5) is 25.3.